The van der Waals surface area contributed by atoms with E-state index in [1.807, 2.05) is 0 Å². The van der Waals surface area contributed by atoms with Gasteiger partial charge < -0.3 is 35.7 Å². The van der Waals surface area contributed by atoms with E-state index in [1.165, 1.54) is 0 Å². The minimum absolute atomic E-state index is 0.622. The zero-order valence-corrected chi connectivity index (χ0v) is 6.34. The quantitative estimate of drug-likeness (QED) is 0.224. The lowest BCUT2D eigenvalue weighted by Gasteiger charge is -2.38. The van der Waals surface area contributed by atoms with Gasteiger partial charge in [0.1, 0.15) is 0 Å². The van der Waals surface area contributed by atoms with Crippen molar-refractivity contribution in [1.29, 1.82) is 0 Å². The van der Waals surface area contributed by atoms with Crippen molar-refractivity contribution in [2.24, 2.45) is 0 Å². The second kappa shape index (κ2) is 2.89. The molecule has 0 aromatic carbocycles. The molecule has 0 rings (SSSR count). The summed E-state index contributed by atoms with van der Waals surface area (Å²) in [6.45, 7) is 1.13. The third-order valence-corrected chi connectivity index (χ3v) is 1.52. The first-order valence-electron chi connectivity index (χ1n) is 3.13. The molecule has 0 aliphatic carbocycles. The number of aliphatic hydroxyl groups is 7. The van der Waals surface area contributed by atoms with Gasteiger partial charge in [0, 0.05) is 6.42 Å². The molecule has 0 aromatic heterocycles. The minimum atomic E-state index is -4.01. The van der Waals surface area contributed by atoms with Crippen LogP contribution in [0.15, 0.2) is 0 Å². The Morgan fingerprint density at radius 2 is 1.17 bits per heavy atom. The Labute approximate surface area is 67.8 Å². The van der Waals surface area contributed by atoms with E-state index < -0.39 is 24.0 Å². The summed E-state index contributed by atoms with van der Waals surface area (Å²) >= 11 is 0. The van der Waals surface area contributed by atoms with Crippen LogP contribution in [0.2, 0.25) is 0 Å². The second-order valence-electron chi connectivity index (χ2n) is 2.48. The highest BCUT2D eigenvalue weighted by molar-refractivity contribution is 4.86. The van der Waals surface area contributed by atoms with Gasteiger partial charge in [-0.1, -0.05) is 6.92 Å². The zero-order chi connectivity index (χ0) is 10.2. The highest BCUT2D eigenvalue weighted by Crippen LogP contribution is 2.27. The number of rotatable bonds is 3. The lowest BCUT2D eigenvalue weighted by molar-refractivity contribution is -0.508. The van der Waals surface area contributed by atoms with Gasteiger partial charge in [0.05, 0.1) is 0 Å². The number of hydrogen-bond acceptors (Lipinski definition) is 7. The minimum Gasteiger partial charge on any atom is -0.361 e. The van der Waals surface area contributed by atoms with Crippen LogP contribution in [-0.2, 0) is 0 Å². The zero-order valence-electron chi connectivity index (χ0n) is 6.34. The highest BCUT2D eigenvalue weighted by Gasteiger charge is 2.60. The Balaban J connectivity index is 4.85. The predicted octanol–water partition coefficient (Wildman–Crippen LogP) is -3.61. The molecule has 0 aliphatic heterocycles. The maximum atomic E-state index is 8.76. The Bertz CT molecular complexity index is 156. The van der Waals surface area contributed by atoms with E-state index in [1.54, 1.807) is 0 Å². The molecule has 0 saturated heterocycles. The van der Waals surface area contributed by atoms with Crippen LogP contribution >= 0.6 is 0 Å². The molecule has 0 fully saturated rings. The van der Waals surface area contributed by atoms with Crippen molar-refractivity contribution < 1.29 is 35.7 Å². The first kappa shape index (κ1) is 11.7. The Morgan fingerprint density at radius 3 is 1.25 bits per heavy atom. The molecule has 7 heteroatoms. The Hall–Kier alpha value is -0.280. The lowest BCUT2D eigenvalue weighted by Crippen LogP contribution is -2.68. The fourth-order valence-electron chi connectivity index (χ4n) is 0.515. The largest absolute Gasteiger partial charge is 0.361 e. The van der Waals surface area contributed by atoms with Gasteiger partial charge in [-0.3, -0.25) is 0 Å². The molecule has 0 unspecified atom stereocenters. The molecule has 0 bridgehead atoms. The maximum absolute atomic E-state index is 8.76. The molecule has 0 aliphatic rings. The van der Waals surface area contributed by atoms with Gasteiger partial charge in [-0.2, -0.15) is 0 Å². The summed E-state index contributed by atoms with van der Waals surface area (Å²) in [5, 5.41) is 59.8. The van der Waals surface area contributed by atoms with Crippen LogP contribution < -0.4 is 0 Å². The van der Waals surface area contributed by atoms with E-state index in [2.05, 4.69) is 0 Å². The van der Waals surface area contributed by atoms with Crippen LogP contribution in [0.25, 0.3) is 0 Å². The topological polar surface area (TPSA) is 142 Å². The van der Waals surface area contributed by atoms with Crippen molar-refractivity contribution in [3.63, 3.8) is 0 Å². The monoisotopic (exact) mass is 184 g/mol. The average molecular weight is 184 g/mol. The van der Waals surface area contributed by atoms with E-state index in [0.29, 0.717) is 0 Å². The molecule has 0 radical (unpaired) electrons. The SMILES string of the molecule is CCC(O)(O)C(O)(O)C(O)(O)O. The molecule has 0 atom stereocenters. The van der Waals surface area contributed by atoms with Gasteiger partial charge >= 0.3 is 11.8 Å². The molecule has 0 heterocycles. The Morgan fingerprint density at radius 1 is 0.833 bits per heavy atom. The molecular formula is C5H12O7. The molecule has 0 spiro atoms. The van der Waals surface area contributed by atoms with Crippen LogP contribution in [0, 0.1) is 0 Å². The van der Waals surface area contributed by atoms with E-state index in [0.717, 1.165) is 6.92 Å². The summed E-state index contributed by atoms with van der Waals surface area (Å²) in [5.74, 6) is -11.1. The van der Waals surface area contributed by atoms with Gasteiger partial charge in [-0.25, -0.2) is 0 Å². The van der Waals surface area contributed by atoms with Crippen molar-refractivity contribution in [3.8, 4) is 0 Å². The van der Waals surface area contributed by atoms with Gasteiger partial charge in [-0.15, -0.1) is 0 Å². The predicted molar refractivity (Wildman–Crippen MR) is 34.0 cm³/mol. The summed E-state index contributed by atoms with van der Waals surface area (Å²) in [6, 6.07) is 0. The van der Waals surface area contributed by atoms with Crippen LogP contribution in [0.1, 0.15) is 13.3 Å². The van der Waals surface area contributed by atoms with Gasteiger partial charge in [0.25, 0.3) is 0 Å². The molecule has 12 heavy (non-hydrogen) atoms. The van der Waals surface area contributed by atoms with E-state index in [-0.39, 0.29) is 0 Å². The first-order chi connectivity index (χ1) is 5.06. The van der Waals surface area contributed by atoms with E-state index in [4.69, 9.17) is 35.7 Å². The van der Waals surface area contributed by atoms with Crippen molar-refractivity contribution >= 4 is 0 Å². The summed E-state index contributed by atoms with van der Waals surface area (Å²) in [7, 11) is 0. The molecule has 7 N–H and O–H groups in total. The standard InChI is InChI=1S/C5H12O7/c1-2-3(6,7)4(8,9)5(10,11)12/h6-12H,2H2,1H3. The first-order valence-corrected chi connectivity index (χ1v) is 3.13. The molecular weight excluding hydrogens is 172 g/mol. The van der Waals surface area contributed by atoms with Crippen molar-refractivity contribution in [2.45, 2.75) is 30.9 Å². The van der Waals surface area contributed by atoms with Crippen LogP contribution in [0.3, 0.4) is 0 Å². The Kier molecular flexibility index (Phi) is 2.82. The summed E-state index contributed by atoms with van der Waals surface area (Å²) in [5.41, 5.74) is 0. The molecule has 7 nitrogen and oxygen atoms in total. The fourth-order valence-corrected chi connectivity index (χ4v) is 0.515. The van der Waals surface area contributed by atoms with Crippen molar-refractivity contribution in [1.82, 2.24) is 0 Å². The third-order valence-electron chi connectivity index (χ3n) is 1.52. The van der Waals surface area contributed by atoms with Gasteiger partial charge in [-0.05, 0) is 0 Å². The molecule has 0 aromatic rings. The van der Waals surface area contributed by atoms with Crippen LogP contribution in [-0.4, -0.2) is 53.3 Å². The highest BCUT2D eigenvalue weighted by atomic mass is 16.7. The third kappa shape index (κ3) is 1.72. The van der Waals surface area contributed by atoms with Crippen molar-refractivity contribution in [3.05, 3.63) is 0 Å². The van der Waals surface area contributed by atoms with Crippen LogP contribution in [0.5, 0.6) is 0 Å². The molecule has 0 amide bonds. The van der Waals surface area contributed by atoms with Crippen LogP contribution in [0.4, 0.5) is 0 Å². The van der Waals surface area contributed by atoms with Gasteiger partial charge in [0.2, 0.25) is 5.79 Å². The van der Waals surface area contributed by atoms with E-state index in [9.17, 15) is 0 Å². The van der Waals surface area contributed by atoms with Gasteiger partial charge in [0.15, 0.2) is 0 Å². The normalized spacial score (nSPS) is 15.0. The lowest BCUT2D eigenvalue weighted by atomic mass is 10.0. The maximum Gasteiger partial charge on any atom is 0.338 e. The summed E-state index contributed by atoms with van der Waals surface area (Å²) in [6.07, 6.45) is -0.622. The number of hydrogen-bond donors (Lipinski definition) is 7. The molecule has 74 valence electrons. The van der Waals surface area contributed by atoms with E-state index >= 15 is 0 Å². The second-order valence-corrected chi connectivity index (χ2v) is 2.48. The van der Waals surface area contributed by atoms with Crippen molar-refractivity contribution in [2.75, 3.05) is 0 Å². The smallest absolute Gasteiger partial charge is 0.338 e. The summed E-state index contributed by atoms with van der Waals surface area (Å²) < 4.78 is 0. The summed E-state index contributed by atoms with van der Waals surface area (Å²) in [4.78, 5) is 0. The molecule has 0 saturated carbocycles. The average Bonchev–Trinajstić information content (AvgIpc) is 1.85. The fraction of sp³-hybridized carbons (Fsp3) is 1.00.